The van der Waals surface area contributed by atoms with Crippen LogP contribution in [0, 0.1) is 0 Å². The molecule has 1 unspecified atom stereocenters. The zero-order chi connectivity index (χ0) is 20.1. The van der Waals surface area contributed by atoms with Crippen LogP contribution in [0.25, 0.3) is 0 Å². The highest BCUT2D eigenvalue weighted by atomic mass is 35.5. The number of carbonyl (C=O) groups excluding carboxylic acids is 2. The molecule has 1 atom stereocenters. The first kappa shape index (κ1) is 20.3. The second kappa shape index (κ2) is 9.17. The maximum absolute atomic E-state index is 12.6. The number of nitrogens with one attached hydrogen (secondary N) is 2. The number of amides is 2. The highest BCUT2D eigenvalue weighted by Gasteiger charge is 2.31. The molecule has 3 rings (SSSR count). The molecule has 0 radical (unpaired) electrons. The summed E-state index contributed by atoms with van der Waals surface area (Å²) >= 11 is 12.0. The second-order valence-corrected chi connectivity index (χ2v) is 7.32. The molecule has 28 heavy (non-hydrogen) atoms. The van der Waals surface area contributed by atoms with E-state index in [-0.39, 0.29) is 24.9 Å². The predicted molar refractivity (Wildman–Crippen MR) is 111 cm³/mol. The van der Waals surface area contributed by atoms with Crippen molar-refractivity contribution in [2.24, 2.45) is 0 Å². The lowest BCUT2D eigenvalue weighted by Gasteiger charge is -2.35. The van der Waals surface area contributed by atoms with E-state index >= 15 is 0 Å². The van der Waals surface area contributed by atoms with Crippen molar-refractivity contribution in [3.63, 3.8) is 0 Å². The largest absolute Gasteiger partial charge is 0.477 e. The number of hydrogen-bond donors (Lipinski definition) is 2. The van der Waals surface area contributed by atoms with Crippen molar-refractivity contribution >= 4 is 46.4 Å². The number of nitrogens with zero attached hydrogens (tertiary/aromatic N) is 1. The summed E-state index contributed by atoms with van der Waals surface area (Å²) in [5, 5.41) is 6.50. The number of carbonyl (C=O) groups is 2. The Morgan fingerprint density at radius 1 is 1.18 bits per heavy atom. The molecule has 2 N–H and O–H groups in total. The lowest BCUT2D eigenvalue weighted by atomic mass is 10.1. The molecule has 2 amide bonds. The van der Waals surface area contributed by atoms with Crippen LogP contribution < -0.4 is 20.3 Å². The fraction of sp³-hybridized carbons (Fsp3) is 0.300. The molecule has 1 aliphatic rings. The van der Waals surface area contributed by atoms with E-state index in [0.717, 1.165) is 12.1 Å². The number of anilines is 2. The second-order valence-electron chi connectivity index (χ2n) is 6.45. The molecule has 2 aromatic rings. The molecule has 0 bridgehead atoms. The van der Waals surface area contributed by atoms with Crippen molar-refractivity contribution in [1.29, 1.82) is 0 Å². The van der Waals surface area contributed by atoms with Crippen molar-refractivity contribution in [3.8, 4) is 5.75 Å². The first-order chi connectivity index (χ1) is 13.5. The lowest BCUT2D eigenvalue weighted by molar-refractivity contribution is -0.128. The van der Waals surface area contributed by atoms with Gasteiger partial charge in [-0.3, -0.25) is 9.59 Å². The third kappa shape index (κ3) is 5.09. The molecular weight excluding hydrogens is 401 g/mol. The smallest absolute Gasteiger partial charge is 0.262 e. The summed E-state index contributed by atoms with van der Waals surface area (Å²) in [7, 11) is 0. The standard InChI is InChI=1S/C20H21Cl2N3O3/c1-2-7-23-20(27)18-11-25(16-5-3-4-6-17(16)28-18)12-19(26)24-15-9-13(21)8-14(22)10-15/h3-6,8-10,18H,2,7,11-12H2,1H3,(H,23,27)(H,24,26). The van der Waals surface area contributed by atoms with E-state index in [0.29, 0.717) is 28.0 Å². The van der Waals surface area contributed by atoms with Gasteiger partial charge < -0.3 is 20.3 Å². The zero-order valence-corrected chi connectivity index (χ0v) is 16.9. The van der Waals surface area contributed by atoms with Gasteiger partial charge in [0.25, 0.3) is 5.91 Å². The first-order valence-corrected chi connectivity index (χ1v) is 9.76. The Hall–Kier alpha value is -2.44. The molecule has 1 aliphatic heterocycles. The Balaban J connectivity index is 1.73. The quantitative estimate of drug-likeness (QED) is 0.745. The van der Waals surface area contributed by atoms with Crippen LogP contribution in [0.2, 0.25) is 10.0 Å². The van der Waals surface area contributed by atoms with Gasteiger partial charge in [-0.15, -0.1) is 0 Å². The van der Waals surface area contributed by atoms with E-state index < -0.39 is 6.10 Å². The molecule has 148 valence electrons. The molecule has 0 fully saturated rings. The summed E-state index contributed by atoms with van der Waals surface area (Å²) < 4.78 is 5.83. The highest BCUT2D eigenvalue weighted by Crippen LogP contribution is 2.33. The van der Waals surface area contributed by atoms with Gasteiger partial charge in [-0.05, 0) is 36.8 Å². The third-order valence-electron chi connectivity index (χ3n) is 4.18. The molecule has 8 heteroatoms. The van der Waals surface area contributed by atoms with Crippen LogP contribution >= 0.6 is 23.2 Å². The summed E-state index contributed by atoms with van der Waals surface area (Å²) in [6, 6.07) is 12.2. The van der Waals surface area contributed by atoms with E-state index in [1.807, 2.05) is 30.0 Å². The molecular formula is C20H21Cl2N3O3. The average Bonchev–Trinajstić information content (AvgIpc) is 2.65. The summed E-state index contributed by atoms with van der Waals surface area (Å²) in [4.78, 5) is 26.8. The van der Waals surface area contributed by atoms with E-state index in [1.165, 1.54) is 0 Å². The van der Waals surface area contributed by atoms with Gasteiger partial charge in [-0.1, -0.05) is 42.3 Å². The number of ether oxygens (including phenoxy) is 1. The molecule has 0 aromatic heterocycles. The maximum Gasteiger partial charge on any atom is 0.262 e. The SMILES string of the molecule is CCCNC(=O)C1CN(CC(=O)Nc2cc(Cl)cc(Cl)c2)c2ccccc2O1. The molecule has 0 aliphatic carbocycles. The zero-order valence-electron chi connectivity index (χ0n) is 15.4. The van der Waals surface area contributed by atoms with Gasteiger partial charge in [0, 0.05) is 22.3 Å². The van der Waals surface area contributed by atoms with Crippen LogP contribution in [-0.4, -0.2) is 37.6 Å². The topological polar surface area (TPSA) is 70.7 Å². The number of rotatable bonds is 6. The van der Waals surface area contributed by atoms with Gasteiger partial charge in [0.15, 0.2) is 6.10 Å². The Morgan fingerprint density at radius 2 is 1.89 bits per heavy atom. The summed E-state index contributed by atoms with van der Waals surface area (Å²) in [6.07, 6.45) is 0.151. The summed E-state index contributed by atoms with van der Waals surface area (Å²) in [5.74, 6) is 0.134. The average molecular weight is 422 g/mol. The van der Waals surface area contributed by atoms with Gasteiger partial charge in [0.1, 0.15) is 5.75 Å². The normalized spacial score (nSPS) is 15.4. The summed E-state index contributed by atoms with van der Waals surface area (Å²) in [5.41, 5.74) is 1.28. The molecule has 0 saturated carbocycles. The fourth-order valence-corrected chi connectivity index (χ4v) is 3.48. The number of para-hydroxylation sites is 2. The monoisotopic (exact) mass is 421 g/mol. The van der Waals surface area contributed by atoms with Crippen LogP contribution in [0.15, 0.2) is 42.5 Å². The van der Waals surface area contributed by atoms with Crippen LogP contribution in [0.4, 0.5) is 11.4 Å². The number of fused-ring (bicyclic) bond motifs is 1. The van der Waals surface area contributed by atoms with Crippen LogP contribution in [-0.2, 0) is 9.59 Å². The van der Waals surface area contributed by atoms with Crippen molar-refractivity contribution in [2.75, 3.05) is 29.9 Å². The van der Waals surface area contributed by atoms with Gasteiger partial charge >= 0.3 is 0 Å². The minimum absolute atomic E-state index is 0.0576. The summed E-state index contributed by atoms with van der Waals surface area (Å²) in [6.45, 7) is 2.89. The minimum atomic E-state index is -0.685. The van der Waals surface area contributed by atoms with Crippen LogP contribution in [0.1, 0.15) is 13.3 Å². The minimum Gasteiger partial charge on any atom is -0.477 e. The van der Waals surface area contributed by atoms with Crippen molar-refractivity contribution in [2.45, 2.75) is 19.4 Å². The van der Waals surface area contributed by atoms with E-state index in [2.05, 4.69) is 10.6 Å². The first-order valence-electron chi connectivity index (χ1n) is 9.00. The number of hydrogen-bond acceptors (Lipinski definition) is 4. The lowest BCUT2D eigenvalue weighted by Crippen LogP contribution is -2.50. The van der Waals surface area contributed by atoms with E-state index in [9.17, 15) is 9.59 Å². The van der Waals surface area contributed by atoms with Crippen LogP contribution in [0.3, 0.4) is 0 Å². The predicted octanol–water partition coefficient (Wildman–Crippen LogP) is 3.73. The molecule has 6 nitrogen and oxygen atoms in total. The van der Waals surface area contributed by atoms with Crippen molar-refractivity contribution in [1.82, 2.24) is 5.32 Å². The van der Waals surface area contributed by atoms with Crippen molar-refractivity contribution in [3.05, 3.63) is 52.5 Å². The third-order valence-corrected chi connectivity index (χ3v) is 4.62. The van der Waals surface area contributed by atoms with Gasteiger partial charge in [0.2, 0.25) is 5.91 Å². The fourth-order valence-electron chi connectivity index (χ4n) is 2.96. The van der Waals surface area contributed by atoms with Gasteiger partial charge in [0.05, 0.1) is 18.8 Å². The molecule has 0 spiro atoms. The maximum atomic E-state index is 12.6. The number of halogens is 2. The highest BCUT2D eigenvalue weighted by molar-refractivity contribution is 6.35. The Morgan fingerprint density at radius 3 is 2.61 bits per heavy atom. The van der Waals surface area contributed by atoms with E-state index in [4.69, 9.17) is 27.9 Å². The van der Waals surface area contributed by atoms with Gasteiger partial charge in [-0.2, -0.15) is 0 Å². The van der Waals surface area contributed by atoms with E-state index in [1.54, 1.807) is 24.3 Å². The van der Waals surface area contributed by atoms with Crippen LogP contribution in [0.5, 0.6) is 5.75 Å². The Kier molecular flexibility index (Phi) is 6.65. The molecule has 1 heterocycles. The molecule has 2 aromatic carbocycles. The number of benzene rings is 2. The Labute approximate surface area is 173 Å². The van der Waals surface area contributed by atoms with Crippen molar-refractivity contribution < 1.29 is 14.3 Å². The Bertz CT molecular complexity index is 855. The van der Waals surface area contributed by atoms with Gasteiger partial charge in [-0.25, -0.2) is 0 Å². The molecule has 0 saturated heterocycles.